The summed E-state index contributed by atoms with van der Waals surface area (Å²) < 4.78 is 5.36. The summed E-state index contributed by atoms with van der Waals surface area (Å²) in [5.74, 6) is -0.232. The fourth-order valence-corrected chi connectivity index (χ4v) is 3.21. The molecule has 1 saturated heterocycles. The maximum absolute atomic E-state index is 12.1. The lowest BCUT2D eigenvalue weighted by Crippen LogP contribution is -2.35. The van der Waals surface area contributed by atoms with Gasteiger partial charge < -0.3 is 15.4 Å². The summed E-state index contributed by atoms with van der Waals surface area (Å²) >= 11 is 5.81. The van der Waals surface area contributed by atoms with E-state index in [2.05, 4.69) is 15.5 Å². The van der Waals surface area contributed by atoms with Crippen LogP contribution >= 0.6 is 11.6 Å². The molecule has 2 aromatic rings. The molecule has 2 amide bonds. The molecule has 3 rings (SSSR count). The van der Waals surface area contributed by atoms with Crippen molar-refractivity contribution in [1.29, 1.82) is 0 Å². The van der Waals surface area contributed by atoms with E-state index in [1.165, 1.54) is 5.56 Å². The number of anilines is 1. The number of benzene rings is 2. The summed E-state index contributed by atoms with van der Waals surface area (Å²) in [6, 6.07) is 14.6. The Kier molecular flexibility index (Phi) is 8.04. The molecule has 0 saturated carbocycles. The lowest BCUT2D eigenvalue weighted by molar-refractivity contribution is -0.116. The SMILES string of the molecule is O=C(CCCNC(=O)c1ccc(Cl)cc1)Nc1ccc(CN2CCOCC2)cc1. The Morgan fingerprint density at radius 1 is 1.00 bits per heavy atom. The minimum Gasteiger partial charge on any atom is -0.379 e. The summed E-state index contributed by atoms with van der Waals surface area (Å²) in [6.45, 7) is 4.81. The molecule has 0 radical (unpaired) electrons. The van der Waals surface area contributed by atoms with Gasteiger partial charge in [0.05, 0.1) is 13.2 Å². The Hall–Kier alpha value is -2.41. The maximum Gasteiger partial charge on any atom is 0.251 e. The van der Waals surface area contributed by atoms with E-state index in [1.807, 2.05) is 24.3 Å². The number of morpholine rings is 1. The van der Waals surface area contributed by atoms with Crippen LogP contribution < -0.4 is 10.6 Å². The molecule has 1 fully saturated rings. The van der Waals surface area contributed by atoms with Gasteiger partial charge in [-0.3, -0.25) is 14.5 Å². The molecule has 1 aliphatic heterocycles. The number of hydrogen-bond acceptors (Lipinski definition) is 4. The molecule has 6 nitrogen and oxygen atoms in total. The molecule has 1 aliphatic rings. The Bertz CT molecular complexity index is 803. The molecule has 0 unspecified atom stereocenters. The van der Waals surface area contributed by atoms with E-state index < -0.39 is 0 Å². The summed E-state index contributed by atoms with van der Waals surface area (Å²) in [5, 5.41) is 6.30. The first-order valence-corrected chi connectivity index (χ1v) is 10.2. The van der Waals surface area contributed by atoms with Crippen molar-refractivity contribution in [3.05, 3.63) is 64.7 Å². The molecule has 154 valence electrons. The maximum atomic E-state index is 12.1. The number of nitrogens with zero attached hydrogens (tertiary/aromatic N) is 1. The van der Waals surface area contributed by atoms with Crippen LogP contribution in [0.2, 0.25) is 5.02 Å². The van der Waals surface area contributed by atoms with Gasteiger partial charge in [-0.1, -0.05) is 23.7 Å². The Balaban J connectivity index is 1.34. The van der Waals surface area contributed by atoms with Gasteiger partial charge in [-0.25, -0.2) is 0 Å². The van der Waals surface area contributed by atoms with Crippen molar-refractivity contribution >= 4 is 29.1 Å². The zero-order valence-electron chi connectivity index (χ0n) is 16.3. The van der Waals surface area contributed by atoms with Crippen LogP contribution in [0.25, 0.3) is 0 Å². The minimum absolute atomic E-state index is 0.0633. The second kappa shape index (κ2) is 11.0. The quantitative estimate of drug-likeness (QED) is 0.649. The Morgan fingerprint density at radius 2 is 1.69 bits per heavy atom. The van der Waals surface area contributed by atoms with E-state index >= 15 is 0 Å². The second-order valence-electron chi connectivity index (χ2n) is 7.00. The summed E-state index contributed by atoms with van der Waals surface area (Å²) in [6.07, 6.45) is 0.913. The van der Waals surface area contributed by atoms with Crippen LogP contribution in [-0.2, 0) is 16.1 Å². The highest BCUT2D eigenvalue weighted by Crippen LogP contribution is 2.13. The van der Waals surface area contributed by atoms with Crippen molar-refractivity contribution in [3.63, 3.8) is 0 Å². The van der Waals surface area contributed by atoms with Crippen molar-refractivity contribution < 1.29 is 14.3 Å². The number of carbonyl (C=O) groups excluding carboxylic acids is 2. The fourth-order valence-electron chi connectivity index (χ4n) is 3.09. The lowest BCUT2D eigenvalue weighted by atomic mass is 10.2. The van der Waals surface area contributed by atoms with Gasteiger partial charge in [-0.15, -0.1) is 0 Å². The molecular weight excluding hydrogens is 390 g/mol. The standard InChI is InChI=1S/C22H26ClN3O3/c23-19-7-5-18(6-8-19)22(28)24-11-1-2-21(27)25-20-9-3-17(4-10-20)16-26-12-14-29-15-13-26/h3-10H,1-2,11-16H2,(H,24,28)(H,25,27). The zero-order chi connectivity index (χ0) is 20.5. The third kappa shape index (κ3) is 7.16. The van der Waals surface area contributed by atoms with Crippen molar-refractivity contribution in [2.75, 3.05) is 38.2 Å². The van der Waals surface area contributed by atoms with Crippen molar-refractivity contribution in [1.82, 2.24) is 10.2 Å². The molecule has 7 heteroatoms. The van der Waals surface area contributed by atoms with E-state index in [0.29, 0.717) is 30.0 Å². The first kappa shape index (κ1) is 21.3. The smallest absolute Gasteiger partial charge is 0.251 e. The molecule has 0 spiro atoms. The molecule has 1 heterocycles. The molecule has 2 N–H and O–H groups in total. The second-order valence-corrected chi connectivity index (χ2v) is 7.44. The zero-order valence-corrected chi connectivity index (χ0v) is 17.1. The highest BCUT2D eigenvalue weighted by atomic mass is 35.5. The molecule has 0 bridgehead atoms. The molecule has 0 aliphatic carbocycles. The van der Waals surface area contributed by atoms with Gasteiger partial charge >= 0.3 is 0 Å². The first-order chi connectivity index (χ1) is 14.1. The van der Waals surface area contributed by atoms with Crippen LogP contribution in [-0.4, -0.2) is 49.6 Å². The van der Waals surface area contributed by atoms with Crippen LogP contribution in [0.15, 0.2) is 48.5 Å². The van der Waals surface area contributed by atoms with Crippen LogP contribution in [0.5, 0.6) is 0 Å². The van der Waals surface area contributed by atoms with Crippen LogP contribution in [0.3, 0.4) is 0 Å². The highest BCUT2D eigenvalue weighted by molar-refractivity contribution is 6.30. The number of hydrogen-bond donors (Lipinski definition) is 2. The van der Waals surface area contributed by atoms with E-state index in [-0.39, 0.29) is 11.8 Å². The number of ether oxygens (including phenoxy) is 1. The number of nitrogens with one attached hydrogen (secondary N) is 2. The van der Waals surface area contributed by atoms with Crippen molar-refractivity contribution in [2.45, 2.75) is 19.4 Å². The third-order valence-electron chi connectivity index (χ3n) is 4.72. The predicted molar refractivity (Wildman–Crippen MR) is 114 cm³/mol. The van der Waals surface area contributed by atoms with Gasteiger partial charge in [0.15, 0.2) is 0 Å². The van der Waals surface area contributed by atoms with Gasteiger partial charge in [-0.05, 0) is 48.4 Å². The van der Waals surface area contributed by atoms with Crippen LogP contribution in [0, 0.1) is 0 Å². The van der Waals surface area contributed by atoms with E-state index in [1.54, 1.807) is 24.3 Å². The molecule has 0 atom stereocenters. The fraction of sp³-hybridized carbons (Fsp3) is 0.364. The molecule has 29 heavy (non-hydrogen) atoms. The van der Waals surface area contributed by atoms with Crippen molar-refractivity contribution in [3.8, 4) is 0 Å². The largest absolute Gasteiger partial charge is 0.379 e. The van der Waals surface area contributed by atoms with E-state index in [9.17, 15) is 9.59 Å². The van der Waals surface area contributed by atoms with Crippen molar-refractivity contribution in [2.24, 2.45) is 0 Å². The normalized spacial score (nSPS) is 14.4. The number of rotatable bonds is 8. The topological polar surface area (TPSA) is 70.7 Å². The number of halogens is 1. The van der Waals surface area contributed by atoms with Gasteiger partial charge in [0.25, 0.3) is 5.91 Å². The summed E-state index contributed by atoms with van der Waals surface area (Å²) in [7, 11) is 0. The molecular formula is C22H26ClN3O3. The highest BCUT2D eigenvalue weighted by Gasteiger charge is 2.11. The average Bonchev–Trinajstić information content (AvgIpc) is 2.74. The number of carbonyl (C=O) groups is 2. The minimum atomic E-state index is -0.169. The van der Waals surface area contributed by atoms with Gasteiger partial charge in [0.2, 0.25) is 5.91 Å². The van der Waals surface area contributed by atoms with Gasteiger partial charge in [0, 0.05) is 48.9 Å². The van der Waals surface area contributed by atoms with Gasteiger partial charge in [0.1, 0.15) is 0 Å². The Labute approximate surface area is 176 Å². The van der Waals surface area contributed by atoms with Gasteiger partial charge in [-0.2, -0.15) is 0 Å². The predicted octanol–water partition coefficient (Wildman–Crippen LogP) is 3.32. The summed E-state index contributed by atoms with van der Waals surface area (Å²) in [4.78, 5) is 26.5. The average molecular weight is 416 g/mol. The third-order valence-corrected chi connectivity index (χ3v) is 4.97. The molecule has 0 aromatic heterocycles. The lowest BCUT2D eigenvalue weighted by Gasteiger charge is -2.26. The van der Waals surface area contributed by atoms with Crippen LogP contribution in [0.1, 0.15) is 28.8 Å². The van der Waals surface area contributed by atoms with Crippen LogP contribution in [0.4, 0.5) is 5.69 Å². The molecule has 2 aromatic carbocycles. The first-order valence-electron chi connectivity index (χ1n) is 9.83. The van der Waals surface area contributed by atoms with E-state index in [4.69, 9.17) is 16.3 Å². The summed E-state index contributed by atoms with van der Waals surface area (Å²) in [5.41, 5.74) is 2.55. The van der Waals surface area contributed by atoms with E-state index in [0.717, 1.165) is 38.5 Å². The Morgan fingerprint density at radius 3 is 2.38 bits per heavy atom. The number of amides is 2. The monoisotopic (exact) mass is 415 g/mol.